The monoisotopic (exact) mass is 237 g/mol. The highest BCUT2D eigenvalue weighted by atomic mass is 19.1. The van der Waals surface area contributed by atoms with Gasteiger partial charge in [0.2, 0.25) is 0 Å². The summed E-state index contributed by atoms with van der Waals surface area (Å²) in [4.78, 5) is 0. The van der Waals surface area contributed by atoms with Crippen LogP contribution in [-0.4, -0.2) is 27.0 Å². The van der Waals surface area contributed by atoms with E-state index in [1.807, 2.05) is 0 Å². The van der Waals surface area contributed by atoms with E-state index in [0.717, 1.165) is 17.7 Å². The van der Waals surface area contributed by atoms with Crippen molar-refractivity contribution in [3.05, 3.63) is 23.0 Å². The molecule has 0 saturated heterocycles. The van der Waals surface area contributed by atoms with Gasteiger partial charge in [0.15, 0.2) is 0 Å². The lowest BCUT2D eigenvalue weighted by Crippen LogP contribution is -2.32. The van der Waals surface area contributed by atoms with E-state index in [9.17, 15) is 9.50 Å². The summed E-state index contributed by atoms with van der Waals surface area (Å²) in [6, 6.07) is 0.388. The molecule has 4 nitrogen and oxygen atoms in total. The number of nitrogens with zero attached hydrogens (tertiary/aromatic N) is 2. The highest BCUT2D eigenvalue weighted by Gasteiger charge is 2.27. The Labute approximate surface area is 99.1 Å². The van der Waals surface area contributed by atoms with Crippen LogP contribution in [0.15, 0.2) is 6.08 Å². The largest absolute Gasteiger partial charge is 0.389 e. The van der Waals surface area contributed by atoms with Crippen molar-refractivity contribution in [2.45, 2.75) is 45.0 Å². The minimum absolute atomic E-state index is 0.347. The number of aliphatic hydroxyl groups is 1. The third-order valence-electron chi connectivity index (χ3n) is 3.46. The van der Waals surface area contributed by atoms with Crippen LogP contribution in [0.5, 0.6) is 0 Å². The average Bonchev–Trinajstić information content (AvgIpc) is 2.56. The van der Waals surface area contributed by atoms with Crippen LogP contribution in [0.4, 0.5) is 4.39 Å². The quantitative estimate of drug-likeness (QED) is 0.707. The van der Waals surface area contributed by atoms with Gasteiger partial charge in [0.05, 0.1) is 11.8 Å². The van der Waals surface area contributed by atoms with E-state index in [4.69, 9.17) is 0 Å². The summed E-state index contributed by atoms with van der Waals surface area (Å²) in [5, 5.41) is 17.3. The molecule has 1 aromatic heterocycles. The maximum atomic E-state index is 14.0. The lowest BCUT2D eigenvalue weighted by Gasteiger charge is -2.19. The summed E-state index contributed by atoms with van der Waals surface area (Å²) >= 11 is 0. The fourth-order valence-corrected chi connectivity index (χ4v) is 2.55. The number of nitrogens with one attached hydrogen (secondary N) is 1. The number of aliphatic hydroxyl groups excluding tert-OH is 1. The fraction of sp³-hybridized carbons (Fsp3) is 0.583. The molecule has 3 heterocycles. The van der Waals surface area contributed by atoms with Crippen molar-refractivity contribution in [2.24, 2.45) is 0 Å². The first-order chi connectivity index (χ1) is 8.15. The molecule has 2 N–H and O–H groups in total. The van der Waals surface area contributed by atoms with Crippen molar-refractivity contribution in [2.75, 3.05) is 0 Å². The van der Waals surface area contributed by atoms with Gasteiger partial charge in [0.1, 0.15) is 11.5 Å². The van der Waals surface area contributed by atoms with Gasteiger partial charge >= 0.3 is 0 Å². The van der Waals surface area contributed by atoms with Crippen LogP contribution in [0, 0.1) is 0 Å². The zero-order chi connectivity index (χ0) is 12.0. The van der Waals surface area contributed by atoms with Gasteiger partial charge in [-0.25, -0.2) is 4.39 Å². The first-order valence-electron chi connectivity index (χ1n) is 6.03. The lowest BCUT2D eigenvalue weighted by atomic mass is 10.0. The SMILES string of the molecule is C[C@@H]1Cc2nn3c(c2CN1)C(F)=C[C@H](O)CC3. The van der Waals surface area contributed by atoms with Gasteiger partial charge < -0.3 is 10.4 Å². The Hall–Kier alpha value is -1.20. The molecule has 2 aliphatic heterocycles. The molecular weight excluding hydrogens is 221 g/mol. The molecule has 2 atom stereocenters. The maximum absolute atomic E-state index is 14.0. The van der Waals surface area contributed by atoms with E-state index >= 15 is 0 Å². The number of fused-ring (bicyclic) bond motifs is 3. The van der Waals surface area contributed by atoms with Crippen LogP contribution in [0.3, 0.4) is 0 Å². The van der Waals surface area contributed by atoms with Crippen molar-refractivity contribution in [3.63, 3.8) is 0 Å². The van der Waals surface area contributed by atoms with Crippen LogP contribution in [0.25, 0.3) is 5.83 Å². The van der Waals surface area contributed by atoms with Gasteiger partial charge in [-0.2, -0.15) is 5.10 Å². The summed E-state index contributed by atoms with van der Waals surface area (Å²) in [5.74, 6) is -0.347. The standard InChI is InChI=1S/C12H16FN3O/c1-7-4-11-9(6-14-7)12-10(13)5-8(17)2-3-16(12)15-11/h5,7-8,14,17H,2-4,6H2,1H3/t7-,8-/m1/s1. The Kier molecular flexibility index (Phi) is 2.52. The number of aryl methyl sites for hydroxylation is 1. The molecule has 0 saturated carbocycles. The van der Waals surface area contributed by atoms with Crippen molar-refractivity contribution >= 4 is 5.83 Å². The van der Waals surface area contributed by atoms with Crippen molar-refractivity contribution in [1.82, 2.24) is 15.1 Å². The normalized spacial score (nSPS) is 28.1. The third kappa shape index (κ3) is 1.79. The molecule has 0 radical (unpaired) electrons. The Morgan fingerprint density at radius 2 is 2.41 bits per heavy atom. The molecule has 0 bridgehead atoms. The van der Waals surface area contributed by atoms with Gasteiger partial charge in [0.25, 0.3) is 0 Å². The fourth-order valence-electron chi connectivity index (χ4n) is 2.55. The number of hydrogen-bond acceptors (Lipinski definition) is 3. The second kappa shape index (κ2) is 3.92. The topological polar surface area (TPSA) is 50.1 Å². The predicted molar refractivity (Wildman–Crippen MR) is 61.9 cm³/mol. The second-order valence-electron chi connectivity index (χ2n) is 4.85. The lowest BCUT2D eigenvalue weighted by molar-refractivity contribution is 0.205. The van der Waals surface area contributed by atoms with Crippen LogP contribution in [-0.2, 0) is 19.5 Å². The summed E-state index contributed by atoms with van der Waals surface area (Å²) in [6.45, 7) is 3.33. The maximum Gasteiger partial charge on any atom is 0.147 e. The van der Waals surface area contributed by atoms with E-state index in [-0.39, 0.29) is 5.83 Å². The Balaban J connectivity index is 2.09. The molecule has 0 amide bonds. The third-order valence-corrected chi connectivity index (χ3v) is 3.46. The van der Waals surface area contributed by atoms with Crippen molar-refractivity contribution < 1.29 is 9.50 Å². The van der Waals surface area contributed by atoms with Gasteiger partial charge in [-0.1, -0.05) is 0 Å². The zero-order valence-corrected chi connectivity index (χ0v) is 9.78. The number of aromatic nitrogens is 2. The highest BCUT2D eigenvalue weighted by molar-refractivity contribution is 5.61. The highest BCUT2D eigenvalue weighted by Crippen LogP contribution is 2.29. The summed E-state index contributed by atoms with van der Waals surface area (Å²) < 4.78 is 15.7. The average molecular weight is 237 g/mol. The molecule has 0 spiro atoms. The summed E-state index contributed by atoms with van der Waals surface area (Å²) in [7, 11) is 0. The van der Waals surface area contributed by atoms with Crippen LogP contribution in [0.1, 0.15) is 30.3 Å². The first kappa shape index (κ1) is 10.9. The molecule has 17 heavy (non-hydrogen) atoms. The molecule has 2 aliphatic rings. The predicted octanol–water partition coefficient (Wildman–Crippen LogP) is 0.992. The minimum atomic E-state index is -0.706. The van der Waals surface area contributed by atoms with Crippen LogP contribution >= 0.6 is 0 Å². The van der Waals surface area contributed by atoms with E-state index in [1.165, 1.54) is 6.08 Å². The number of hydrogen-bond donors (Lipinski definition) is 2. The Bertz CT molecular complexity index is 480. The molecule has 1 aromatic rings. The van der Waals surface area contributed by atoms with E-state index in [2.05, 4.69) is 17.3 Å². The number of halogens is 1. The van der Waals surface area contributed by atoms with E-state index in [0.29, 0.717) is 31.2 Å². The molecular formula is C12H16FN3O. The summed E-state index contributed by atoms with van der Waals surface area (Å²) in [6.07, 6.45) is 1.94. The smallest absolute Gasteiger partial charge is 0.147 e. The first-order valence-corrected chi connectivity index (χ1v) is 6.03. The van der Waals surface area contributed by atoms with Crippen molar-refractivity contribution in [3.8, 4) is 0 Å². The van der Waals surface area contributed by atoms with E-state index in [1.54, 1.807) is 4.68 Å². The zero-order valence-electron chi connectivity index (χ0n) is 9.78. The van der Waals surface area contributed by atoms with Crippen molar-refractivity contribution in [1.29, 1.82) is 0 Å². The minimum Gasteiger partial charge on any atom is -0.389 e. The Morgan fingerprint density at radius 1 is 1.59 bits per heavy atom. The molecule has 0 unspecified atom stereocenters. The molecule has 0 fully saturated rings. The molecule has 0 aromatic carbocycles. The summed E-state index contributed by atoms with van der Waals surface area (Å²) in [5.41, 5.74) is 2.49. The van der Waals surface area contributed by atoms with Gasteiger partial charge in [-0.05, 0) is 19.4 Å². The molecule has 5 heteroatoms. The van der Waals surface area contributed by atoms with E-state index < -0.39 is 6.10 Å². The van der Waals surface area contributed by atoms with Gasteiger partial charge in [-0.15, -0.1) is 0 Å². The Morgan fingerprint density at radius 3 is 3.24 bits per heavy atom. The molecule has 0 aliphatic carbocycles. The van der Waals surface area contributed by atoms with Gasteiger partial charge in [0, 0.05) is 31.1 Å². The second-order valence-corrected chi connectivity index (χ2v) is 4.85. The molecule has 92 valence electrons. The van der Waals surface area contributed by atoms with Crippen LogP contribution < -0.4 is 5.32 Å². The van der Waals surface area contributed by atoms with Gasteiger partial charge in [-0.3, -0.25) is 4.68 Å². The molecule has 3 rings (SSSR count). The number of rotatable bonds is 0. The van der Waals surface area contributed by atoms with Crippen LogP contribution in [0.2, 0.25) is 0 Å².